The molecule has 0 radical (unpaired) electrons. The molecule has 2 aromatic carbocycles. The average molecular weight is 398 g/mol. The van der Waals surface area contributed by atoms with Gasteiger partial charge in [-0.1, -0.05) is 30.3 Å². The zero-order valence-corrected chi connectivity index (χ0v) is 15.9. The Bertz CT molecular complexity index is 1180. The monoisotopic (exact) mass is 398 g/mol. The van der Waals surface area contributed by atoms with Gasteiger partial charge in [0, 0.05) is 11.1 Å². The third-order valence-electron chi connectivity index (χ3n) is 4.60. The number of hydrogen-bond acceptors (Lipinski definition) is 6. The van der Waals surface area contributed by atoms with Crippen LogP contribution in [-0.4, -0.2) is 35.9 Å². The Morgan fingerprint density at radius 1 is 1.21 bits per heavy atom. The molecule has 1 N–H and O–H groups in total. The molecule has 0 atom stereocenters. The minimum Gasteiger partial charge on any atom is -0.461 e. The highest BCUT2D eigenvalue weighted by atomic mass is 32.2. The minimum atomic E-state index is -3.61. The minimum absolute atomic E-state index is 0.00988. The molecule has 0 bridgehead atoms. The standard InChI is InChI=1S/C20H18N2O5S/c1-2-27-20(24)18-16-12-28(25,26)17-9-4-3-8-15(17)19(16)22(21-18)14-7-5-6-13(10-14)11-23/h3-10,23H,2,11-12H2,1H3. The van der Waals surface area contributed by atoms with Crippen LogP contribution in [0.25, 0.3) is 16.9 Å². The van der Waals surface area contributed by atoms with Crippen LogP contribution in [0.5, 0.6) is 0 Å². The van der Waals surface area contributed by atoms with Crippen LogP contribution in [0.2, 0.25) is 0 Å². The van der Waals surface area contributed by atoms with E-state index in [4.69, 9.17) is 4.74 Å². The number of rotatable bonds is 4. The molecule has 8 heteroatoms. The van der Waals surface area contributed by atoms with Crippen LogP contribution in [0.15, 0.2) is 53.4 Å². The summed E-state index contributed by atoms with van der Waals surface area (Å²) in [4.78, 5) is 12.7. The maximum atomic E-state index is 12.8. The summed E-state index contributed by atoms with van der Waals surface area (Å²) in [5.74, 6) is -0.988. The smallest absolute Gasteiger partial charge is 0.359 e. The molecule has 0 saturated heterocycles. The molecule has 0 spiro atoms. The number of carbonyl (C=O) groups excluding carboxylic acids is 1. The number of carbonyl (C=O) groups is 1. The summed E-state index contributed by atoms with van der Waals surface area (Å²) in [7, 11) is -3.61. The molecule has 1 aromatic heterocycles. The van der Waals surface area contributed by atoms with E-state index >= 15 is 0 Å². The van der Waals surface area contributed by atoms with Gasteiger partial charge in [-0.3, -0.25) is 0 Å². The van der Waals surface area contributed by atoms with E-state index in [9.17, 15) is 18.3 Å². The lowest BCUT2D eigenvalue weighted by Gasteiger charge is -2.19. The molecule has 0 fully saturated rings. The van der Waals surface area contributed by atoms with Crippen LogP contribution in [-0.2, 0) is 26.9 Å². The second kappa shape index (κ2) is 6.88. The third-order valence-corrected chi connectivity index (χ3v) is 6.30. The van der Waals surface area contributed by atoms with Gasteiger partial charge in [0.25, 0.3) is 0 Å². The Labute approximate surface area is 162 Å². The summed E-state index contributed by atoms with van der Waals surface area (Å²) in [6.07, 6.45) is 0. The first-order valence-corrected chi connectivity index (χ1v) is 10.4. The van der Waals surface area contributed by atoms with Gasteiger partial charge < -0.3 is 9.84 Å². The molecule has 4 rings (SSSR count). The second-order valence-electron chi connectivity index (χ2n) is 6.39. The summed E-state index contributed by atoms with van der Waals surface area (Å²) in [5.41, 5.74) is 2.64. The van der Waals surface area contributed by atoms with Gasteiger partial charge in [0.1, 0.15) is 0 Å². The summed E-state index contributed by atoms with van der Waals surface area (Å²) in [5, 5.41) is 13.9. The number of nitrogens with zero attached hydrogens (tertiary/aromatic N) is 2. The highest BCUT2D eigenvalue weighted by Crippen LogP contribution is 2.40. The Balaban J connectivity index is 2.04. The van der Waals surface area contributed by atoms with Gasteiger partial charge in [-0.2, -0.15) is 5.10 Å². The predicted molar refractivity (Wildman–Crippen MR) is 102 cm³/mol. The number of aromatic nitrogens is 2. The van der Waals surface area contributed by atoms with Crippen LogP contribution in [0.3, 0.4) is 0 Å². The molecule has 0 amide bonds. The predicted octanol–water partition coefficient (Wildman–Crippen LogP) is 2.50. The van der Waals surface area contributed by atoms with E-state index in [1.807, 2.05) is 0 Å². The van der Waals surface area contributed by atoms with Crippen LogP contribution >= 0.6 is 0 Å². The van der Waals surface area contributed by atoms with Crippen molar-refractivity contribution in [1.29, 1.82) is 0 Å². The number of esters is 1. The van der Waals surface area contributed by atoms with Crippen LogP contribution in [0, 0.1) is 0 Å². The molecule has 0 saturated carbocycles. The van der Waals surface area contributed by atoms with Crippen molar-refractivity contribution in [2.75, 3.05) is 6.61 Å². The van der Waals surface area contributed by atoms with Gasteiger partial charge in [0.15, 0.2) is 15.5 Å². The van der Waals surface area contributed by atoms with Gasteiger partial charge in [-0.05, 0) is 30.7 Å². The fourth-order valence-electron chi connectivity index (χ4n) is 3.40. The average Bonchev–Trinajstić information content (AvgIpc) is 3.07. The summed E-state index contributed by atoms with van der Waals surface area (Å²) < 4.78 is 32.2. The van der Waals surface area contributed by atoms with E-state index in [1.165, 1.54) is 0 Å². The van der Waals surface area contributed by atoms with E-state index in [1.54, 1.807) is 60.1 Å². The lowest BCUT2D eigenvalue weighted by molar-refractivity contribution is 0.0518. The molecule has 1 aliphatic heterocycles. The molecule has 3 aromatic rings. The molecule has 7 nitrogen and oxygen atoms in total. The summed E-state index contributed by atoms with van der Waals surface area (Å²) >= 11 is 0. The van der Waals surface area contributed by atoms with Gasteiger partial charge in [-0.15, -0.1) is 0 Å². The van der Waals surface area contributed by atoms with Gasteiger partial charge in [0.2, 0.25) is 0 Å². The summed E-state index contributed by atoms with van der Waals surface area (Å²) in [6.45, 7) is 1.69. The molecular weight excluding hydrogens is 380 g/mol. The van der Waals surface area contributed by atoms with E-state index in [0.717, 1.165) is 0 Å². The molecule has 2 heterocycles. The number of benzene rings is 2. The van der Waals surface area contributed by atoms with Gasteiger partial charge in [0.05, 0.1) is 35.2 Å². The van der Waals surface area contributed by atoms with Gasteiger partial charge in [-0.25, -0.2) is 17.9 Å². The molecule has 0 aliphatic carbocycles. The number of fused-ring (bicyclic) bond motifs is 3. The van der Waals surface area contributed by atoms with Crippen molar-refractivity contribution in [3.63, 3.8) is 0 Å². The van der Waals surface area contributed by atoms with Crippen molar-refractivity contribution >= 4 is 15.8 Å². The fraction of sp³-hybridized carbons (Fsp3) is 0.200. The molecule has 0 unspecified atom stereocenters. The first kappa shape index (κ1) is 18.4. The number of ether oxygens (including phenoxy) is 1. The quantitative estimate of drug-likeness (QED) is 0.678. The third kappa shape index (κ3) is 2.90. The van der Waals surface area contributed by atoms with E-state index < -0.39 is 15.8 Å². The zero-order chi connectivity index (χ0) is 19.9. The number of hydrogen-bond donors (Lipinski definition) is 1. The van der Waals surface area contributed by atoms with E-state index in [2.05, 4.69) is 5.10 Å². The lowest BCUT2D eigenvalue weighted by atomic mass is 10.1. The van der Waals surface area contributed by atoms with E-state index in [-0.39, 0.29) is 29.6 Å². The molecule has 28 heavy (non-hydrogen) atoms. The van der Waals surface area contributed by atoms with Crippen molar-refractivity contribution in [1.82, 2.24) is 9.78 Å². The molecular formula is C20H18N2O5S. The molecule has 1 aliphatic rings. The Hall–Kier alpha value is -2.97. The highest BCUT2D eigenvalue weighted by molar-refractivity contribution is 7.90. The number of aliphatic hydroxyl groups excluding tert-OH is 1. The van der Waals surface area contributed by atoms with E-state index in [0.29, 0.717) is 28.1 Å². The van der Waals surface area contributed by atoms with Crippen molar-refractivity contribution in [2.45, 2.75) is 24.2 Å². The highest BCUT2D eigenvalue weighted by Gasteiger charge is 2.36. The number of sulfone groups is 1. The lowest BCUT2D eigenvalue weighted by Crippen LogP contribution is -2.16. The normalized spacial score (nSPS) is 14.2. The zero-order valence-electron chi connectivity index (χ0n) is 15.1. The first-order valence-electron chi connectivity index (χ1n) is 8.77. The number of aliphatic hydroxyl groups is 1. The van der Waals surface area contributed by atoms with Crippen molar-refractivity contribution < 1.29 is 23.1 Å². The van der Waals surface area contributed by atoms with Crippen molar-refractivity contribution in [3.05, 3.63) is 65.4 Å². The maximum Gasteiger partial charge on any atom is 0.359 e. The Morgan fingerprint density at radius 3 is 2.75 bits per heavy atom. The Morgan fingerprint density at radius 2 is 2.00 bits per heavy atom. The van der Waals surface area contributed by atoms with Crippen molar-refractivity contribution in [3.8, 4) is 16.9 Å². The SMILES string of the molecule is CCOC(=O)c1nn(-c2cccc(CO)c2)c2c1CS(=O)(=O)c1ccccc1-2. The fourth-order valence-corrected chi connectivity index (χ4v) is 5.00. The second-order valence-corrected chi connectivity index (χ2v) is 8.35. The Kier molecular flexibility index (Phi) is 4.52. The van der Waals surface area contributed by atoms with Gasteiger partial charge >= 0.3 is 5.97 Å². The van der Waals surface area contributed by atoms with Crippen LogP contribution in [0.1, 0.15) is 28.5 Å². The summed E-state index contributed by atoms with van der Waals surface area (Å²) in [6, 6.07) is 13.7. The molecule has 144 valence electrons. The van der Waals surface area contributed by atoms with Crippen LogP contribution in [0.4, 0.5) is 0 Å². The van der Waals surface area contributed by atoms with Crippen molar-refractivity contribution in [2.24, 2.45) is 0 Å². The van der Waals surface area contributed by atoms with Crippen LogP contribution < -0.4 is 0 Å². The maximum absolute atomic E-state index is 12.8. The first-order chi connectivity index (χ1) is 13.5. The topological polar surface area (TPSA) is 98.5 Å². The largest absolute Gasteiger partial charge is 0.461 e.